The van der Waals surface area contributed by atoms with Gasteiger partial charge in [-0.15, -0.1) is 0 Å². The number of halogens is 2. The fourth-order valence-corrected chi connectivity index (χ4v) is 12.8. The molecule has 0 spiro atoms. The predicted molar refractivity (Wildman–Crippen MR) is 232 cm³/mol. The molecule has 13 heteroatoms. The Morgan fingerprint density at radius 2 is 0.702 bits per heavy atom. The monoisotopic (exact) mass is 970 g/mol. The van der Waals surface area contributed by atoms with E-state index in [0.717, 1.165) is 37.4 Å². The summed E-state index contributed by atoms with van der Waals surface area (Å²) in [5.74, 6) is 0. The molecule has 0 saturated heterocycles. The molecular weight excluding hydrogens is 937 g/mol. The van der Waals surface area contributed by atoms with Gasteiger partial charge in [0.05, 0.1) is 0 Å². The van der Waals surface area contributed by atoms with Crippen molar-refractivity contribution in [3.05, 3.63) is 206 Å². The first kappa shape index (κ1) is 49.8. The summed E-state index contributed by atoms with van der Waals surface area (Å²) in [7, 11) is 9.40. The van der Waals surface area contributed by atoms with E-state index in [1.807, 2.05) is 133 Å². The molecule has 0 aromatic heterocycles. The van der Waals surface area contributed by atoms with Gasteiger partial charge in [-0.1, -0.05) is 158 Å². The minimum atomic E-state index is -2.24. The molecule has 0 aliphatic rings. The maximum Gasteiger partial charge on any atom is 1.00 e. The zero-order valence-corrected chi connectivity index (χ0v) is 41.8. The second kappa shape index (κ2) is 27.3. The molecule has 0 aliphatic carbocycles. The molecule has 0 aliphatic heterocycles. The molecule has 280 valence electrons. The first-order valence-corrected chi connectivity index (χ1v) is 26.8. The van der Waals surface area contributed by atoms with Gasteiger partial charge in [0, 0.05) is 9.79 Å². The van der Waals surface area contributed by atoms with Gasteiger partial charge in [-0.05, 0) is 82.0 Å². The summed E-state index contributed by atoms with van der Waals surface area (Å²) < 4.78 is 49.3. The van der Waals surface area contributed by atoms with Crippen molar-refractivity contribution < 1.29 is 90.2 Å². The Labute approximate surface area is 400 Å². The van der Waals surface area contributed by atoms with Gasteiger partial charge in [-0.25, -0.2) is 0 Å². The summed E-state index contributed by atoms with van der Waals surface area (Å²) in [6.07, 6.45) is 1.83. The van der Waals surface area contributed by atoms with Gasteiger partial charge in [-0.3, -0.25) is 8.42 Å². The van der Waals surface area contributed by atoms with E-state index in [0.29, 0.717) is 9.79 Å². The summed E-state index contributed by atoms with van der Waals surface area (Å²) in [6.45, 7) is 0. The summed E-state index contributed by atoms with van der Waals surface area (Å²) >= 11 is -6.22. The van der Waals surface area contributed by atoms with Crippen molar-refractivity contribution in [3.8, 4) is 0 Å². The minimum Gasteiger partial charge on any atom is 1.00 e. The van der Waals surface area contributed by atoms with E-state index in [-0.39, 0.29) is 59.1 Å². The molecule has 0 radical (unpaired) electrons. The Morgan fingerprint density at radius 3 is 0.982 bits per heavy atom. The maximum atomic E-state index is 11.6. The third kappa shape index (κ3) is 15.8. The van der Waals surface area contributed by atoms with Gasteiger partial charge in [0.15, 0.2) is 0 Å². The van der Waals surface area contributed by atoms with Crippen molar-refractivity contribution in [2.75, 3.05) is 0 Å². The molecule has 57 heavy (non-hydrogen) atoms. The number of hydrogen-bond donors (Lipinski definition) is 0. The normalized spacial score (nSPS) is 11.4. The van der Waals surface area contributed by atoms with E-state index >= 15 is 0 Å². The molecule has 0 saturated carbocycles. The smallest absolute Gasteiger partial charge is 1.00 e. The molecule has 0 heterocycles. The molecular formula is C44H34Cl2Na2O4P2RuS2. The molecule has 2 atom stereocenters. The van der Waals surface area contributed by atoms with Crippen molar-refractivity contribution in [1.82, 2.24) is 0 Å². The van der Waals surface area contributed by atoms with Crippen molar-refractivity contribution in [3.63, 3.8) is 0 Å². The molecule has 7 aromatic carbocycles. The van der Waals surface area contributed by atoms with Crippen molar-refractivity contribution in [2.45, 2.75) is 9.79 Å². The quantitative estimate of drug-likeness (QED) is 0.127. The van der Waals surface area contributed by atoms with Gasteiger partial charge in [0.1, 0.15) is 0 Å². The maximum absolute atomic E-state index is 11.6. The van der Waals surface area contributed by atoms with Gasteiger partial charge in [0.25, 0.3) is 0 Å². The van der Waals surface area contributed by atoms with Crippen LogP contribution in [0.5, 0.6) is 0 Å². The SMILES string of the molecule is O=S([O-])c1ccccc1P(c1ccccc1)c1ccccc1.O=S([O-])c1ccccc1P(c1ccccc1)c1ccccc1.[Cl][Ru]([Cl])=[C]=Cc1ccccc1.[Na+].[Na+]. The molecule has 0 fully saturated rings. The Hall–Kier alpha value is -1.53. The van der Waals surface area contributed by atoms with E-state index in [1.54, 1.807) is 24.3 Å². The average molecular weight is 971 g/mol. The summed E-state index contributed by atoms with van der Waals surface area (Å²) in [4.78, 5) is 0.752. The van der Waals surface area contributed by atoms with Crippen LogP contribution in [0.1, 0.15) is 5.56 Å². The van der Waals surface area contributed by atoms with Crippen molar-refractivity contribution in [2.24, 2.45) is 0 Å². The predicted octanol–water partition coefficient (Wildman–Crippen LogP) is 2.40. The van der Waals surface area contributed by atoms with Crippen LogP contribution in [-0.4, -0.2) is 21.8 Å². The minimum absolute atomic E-state index is 0. The van der Waals surface area contributed by atoms with Crippen LogP contribution in [0.15, 0.2) is 210 Å². The van der Waals surface area contributed by atoms with E-state index in [4.69, 9.17) is 19.4 Å². The van der Waals surface area contributed by atoms with E-state index in [1.165, 1.54) is 0 Å². The molecule has 7 aromatic rings. The summed E-state index contributed by atoms with van der Waals surface area (Å²) in [5, 5.41) is 6.29. The van der Waals surface area contributed by atoms with Gasteiger partial charge in [0.2, 0.25) is 0 Å². The number of benzene rings is 7. The largest absolute Gasteiger partial charge is 1.00 e. The standard InChI is InChI=1S/2C18H15O2PS.C8H6.2ClH.2Na.Ru/c2*19-22(20)18-14-8-7-13-17(18)21(15-9-3-1-4-10-15)16-11-5-2-6-12-16;1-2-8-6-4-3-5-7-8;;;;;/h2*1-14H,(H,19,20);2-7H;2*1H;;;/q;;;;;2*+1;+2/p-4. The molecule has 0 bridgehead atoms. The van der Waals surface area contributed by atoms with Crippen LogP contribution >= 0.6 is 35.2 Å². The van der Waals surface area contributed by atoms with Crippen LogP contribution in [0.25, 0.3) is 6.08 Å². The van der Waals surface area contributed by atoms with Crippen LogP contribution in [0.2, 0.25) is 0 Å². The topological polar surface area (TPSA) is 80.3 Å². The zero-order chi connectivity index (χ0) is 38.8. The summed E-state index contributed by atoms with van der Waals surface area (Å²) in [6, 6.07) is 64.6. The first-order valence-electron chi connectivity index (χ1n) is 16.6. The zero-order valence-electron chi connectivity index (χ0n) is 31.1. The average Bonchev–Trinajstić information content (AvgIpc) is 3.23. The van der Waals surface area contributed by atoms with E-state index in [9.17, 15) is 17.5 Å². The molecule has 4 nitrogen and oxygen atoms in total. The number of hydrogen-bond acceptors (Lipinski definition) is 4. The Morgan fingerprint density at radius 1 is 0.439 bits per heavy atom. The molecule has 7 rings (SSSR count). The van der Waals surface area contributed by atoms with Crippen LogP contribution < -0.4 is 90.9 Å². The fraction of sp³-hybridized carbons (Fsp3) is 0. The third-order valence-corrected chi connectivity index (χ3v) is 16.0. The van der Waals surface area contributed by atoms with Crippen LogP contribution in [0.4, 0.5) is 0 Å². The first-order chi connectivity index (χ1) is 26.8. The van der Waals surface area contributed by atoms with Crippen LogP contribution in [-0.2, 0) is 35.7 Å². The van der Waals surface area contributed by atoms with Gasteiger partial charge < -0.3 is 9.11 Å². The number of rotatable bonds is 9. The molecule has 0 amide bonds. The Bertz CT molecular complexity index is 2150. The Kier molecular flexibility index (Phi) is 23.9. The van der Waals surface area contributed by atoms with Crippen molar-refractivity contribution in [1.29, 1.82) is 0 Å². The summed E-state index contributed by atoms with van der Waals surface area (Å²) in [5.41, 5.74) is 1.09. The Balaban J connectivity index is 0.000000238. The molecule has 2 unspecified atom stereocenters. The van der Waals surface area contributed by atoms with Gasteiger partial charge >= 0.3 is 138 Å². The molecule has 0 N–H and O–H groups in total. The second-order valence-electron chi connectivity index (χ2n) is 11.3. The van der Waals surface area contributed by atoms with Crippen LogP contribution in [0.3, 0.4) is 0 Å². The second-order valence-corrected chi connectivity index (χ2v) is 22.8. The van der Waals surface area contributed by atoms with E-state index < -0.39 is 51.5 Å². The van der Waals surface area contributed by atoms with Crippen LogP contribution in [0, 0.1) is 0 Å². The third-order valence-electron chi connectivity index (χ3n) is 7.72. The van der Waals surface area contributed by atoms with Gasteiger partial charge in [-0.2, -0.15) is 0 Å². The van der Waals surface area contributed by atoms with E-state index in [2.05, 4.69) is 52.8 Å². The van der Waals surface area contributed by atoms with Crippen molar-refractivity contribution >= 4 is 99.6 Å². The fourth-order valence-electron chi connectivity index (χ4n) is 5.38.